The molecule has 1 aliphatic rings. The highest BCUT2D eigenvalue weighted by molar-refractivity contribution is 7.88. The Morgan fingerprint density at radius 1 is 1.06 bits per heavy atom. The number of fused-ring (bicyclic) bond motifs is 1. The second-order valence-electron chi connectivity index (χ2n) is 8.74. The number of nitrogens with zero attached hydrogens (tertiary/aromatic N) is 2. The van der Waals surface area contributed by atoms with Crippen LogP contribution >= 0.6 is 0 Å². The van der Waals surface area contributed by atoms with E-state index in [1.54, 1.807) is 0 Å². The van der Waals surface area contributed by atoms with E-state index in [0.29, 0.717) is 12.5 Å². The minimum absolute atomic E-state index is 0.106. The normalized spacial score (nSPS) is 15.8. The van der Waals surface area contributed by atoms with Crippen LogP contribution in [-0.4, -0.2) is 44.5 Å². The van der Waals surface area contributed by atoms with Crippen molar-refractivity contribution in [3.05, 3.63) is 71.4 Å². The number of aryl methyl sites for hydroxylation is 1. The smallest absolute Gasteiger partial charge is 0.213 e. The number of ether oxygens (including phenoxy) is 1. The van der Waals surface area contributed by atoms with Crippen LogP contribution in [0.25, 0.3) is 10.9 Å². The number of likely N-dealkylation sites (tertiary alicyclic amines) is 1. The van der Waals surface area contributed by atoms with Crippen LogP contribution in [0.3, 0.4) is 0 Å². The van der Waals surface area contributed by atoms with E-state index in [2.05, 4.69) is 22.0 Å². The van der Waals surface area contributed by atoms with Gasteiger partial charge >= 0.3 is 0 Å². The molecule has 0 atom stereocenters. The molecule has 6 nitrogen and oxygen atoms in total. The van der Waals surface area contributed by atoms with E-state index in [9.17, 15) is 8.42 Å². The minimum atomic E-state index is -3.50. The first-order valence-electron chi connectivity index (χ1n) is 11.2. The highest BCUT2D eigenvalue weighted by Gasteiger charge is 2.20. The largest absolute Gasteiger partial charge is 0.492 e. The number of piperidine rings is 1. The molecule has 7 heteroatoms. The fraction of sp³-hybridized carbons (Fsp3) is 0.400. The van der Waals surface area contributed by atoms with E-state index in [4.69, 9.17) is 9.88 Å². The number of aromatic nitrogens is 1. The van der Waals surface area contributed by atoms with Gasteiger partial charge in [0.05, 0.1) is 11.3 Å². The first-order valence-corrected chi connectivity index (χ1v) is 12.9. The van der Waals surface area contributed by atoms with E-state index in [1.165, 1.54) is 5.56 Å². The molecule has 2 N–H and O–H groups in total. The Morgan fingerprint density at radius 2 is 1.81 bits per heavy atom. The maximum Gasteiger partial charge on any atom is 0.213 e. The van der Waals surface area contributed by atoms with Crippen LogP contribution in [0.1, 0.15) is 29.7 Å². The van der Waals surface area contributed by atoms with E-state index in [0.717, 1.165) is 66.8 Å². The van der Waals surface area contributed by atoms with Crippen molar-refractivity contribution in [3.8, 4) is 5.75 Å². The van der Waals surface area contributed by atoms with Gasteiger partial charge in [-0.2, -0.15) is 0 Å². The van der Waals surface area contributed by atoms with Crippen LogP contribution in [-0.2, 0) is 22.2 Å². The lowest BCUT2D eigenvalue weighted by Gasteiger charge is -2.32. The van der Waals surface area contributed by atoms with Gasteiger partial charge in [0.25, 0.3) is 0 Å². The molecule has 0 spiro atoms. The van der Waals surface area contributed by atoms with Gasteiger partial charge in [0.2, 0.25) is 10.0 Å². The summed E-state index contributed by atoms with van der Waals surface area (Å²) in [6.07, 6.45) is 3.25. The van der Waals surface area contributed by atoms with Gasteiger partial charge in [-0.3, -0.25) is 9.88 Å². The molecule has 1 fully saturated rings. The molecule has 0 radical (unpaired) electrons. The monoisotopic (exact) mass is 453 g/mol. The fourth-order valence-electron chi connectivity index (χ4n) is 4.47. The maximum atomic E-state index is 11.4. The first kappa shape index (κ1) is 22.7. The van der Waals surface area contributed by atoms with Crippen molar-refractivity contribution in [1.29, 1.82) is 0 Å². The predicted molar refractivity (Wildman–Crippen MR) is 128 cm³/mol. The highest BCUT2D eigenvalue weighted by Crippen LogP contribution is 2.25. The lowest BCUT2D eigenvalue weighted by molar-refractivity contribution is 0.155. The summed E-state index contributed by atoms with van der Waals surface area (Å²) in [4.78, 5) is 7.03. The number of benzene rings is 2. The van der Waals surface area contributed by atoms with Crippen LogP contribution in [0.15, 0.2) is 54.6 Å². The fourth-order valence-corrected chi connectivity index (χ4v) is 5.11. The number of pyridine rings is 1. The van der Waals surface area contributed by atoms with Crippen molar-refractivity contribution in [1.82, 2.24) is 9.88 Å². The quantitative estimate of drug-likeness (QED) is 0.563. The molecule has 1 aromatic heterocycles. The number of hydrogen-bond donors (Lipinski definition) is 1. The maximum absolute atomic E-state index is 11.4. The molecule has 0 bridgehead atoms. The molecule has 1 aliphatic heterocycles. The molecule has 4 rings (SSSR count). The Bertz CT molecular complexity index is 1170. The number of primary sulfonamides is 1. The van der Waals surface area contributed by atoms with E-state index >= 15 is 0 Å². The minimum Gasteiger partial charge on any atom is -0.492 e. The van der Waals surface area contributed by atoms with Gasteiger partial charge in [-0.15, -0.1) is 0 Å². The number of sulfonamides is 1. The van der Waals surface area contributed by atoms with Crippen LogP contribution in [0.4, 0.5) is 0 Å². The molecule has 0 amide bonds. The van der Waals surface area contributed by atoms with Gasteiger partial charge in [-0.1, -0.05) is 30.3 Å². The summed E-state index contributed by atoms with van der Waals surface area (Å²) in [5.41, 5.74) is 3.93. The third-order valence-electron chi connectivity index (χ3n) is 6.09. The van der Waals surface area contributed by atoms with Crippen molar-refractivity contribution in [2.45, 2.75) is 31.9 Å². The van der Waals surface area contributed by atoms with Crippen LogP contribution < -0.4 is 9.88 Å². The van der Waals surface area contributed by atoms with Crippen LogP contribution in [0, 0.1) is 12.8 Å². The van der Waals surface area contributed by atoms with Crippen LogP contribution in [0.2, 0.25) is 0 Å². The summed E-state index contributed by atoms with van der Waals surface area (Å²) in [6, 6.07) is 17.9. The summed E-state index contributed by atoms with van der Waals surface area (Å²) in [6.45, 7) is 5.68. The Hall–Kier alpha value is -2.48. The molecule has 2 heterocycles. The molecule has 0 saturated carbocycles. The highest BCUT2D eigenvalue weighted by atomic mass is 32.2. The Kier molecular flexibility index (Phi) is 7.08. The van der Waals surface area contributed by atoms with Gasteiger partial charge in [0.1, 0.15) is 12.4 Å². The first-order chi connectivity index (χ1) is 15.4. The third kappa shape index (κ3) is 6.28. The molecular weight excluding hydrogens is 422 g/mol. The lowest BCUT2D eigenvalue weighted by Crippen LogP contribution is -2.37. The van der Waals surface area contributed by atoms with Gasteiger partial charge in [-0.25, -0.2) is 13.6 Å². The molecule has 2 aromatic carbocycles. The van der Waals surface area contributed by atoms with Gasteiger partial charge in [0.15, 0.2) is 0 Å². The second kappa shape index (κ2) is 9.98. The van der Waals surface area contributed by atoms with Crippen molar-refractivity contribution in [3.63, 3.8) is 0 Å². The molecule has 3 aromatic rings. The molecule has 32 heavy (non-hydrogen) atoms. The van der Waals surface area contributed by atoms with Crippen molar-refractivity contribution < 1.29 is 13.2 Å². The molecule has 0 aliphatic carbocycles. The number of rotatable bonds is 8. The Balaban J connectivity index is 1.24. The Labute approximate surface area is 190 Å². The van der Waals surface area contributed by atoms with E-state index in [-0.39, 0.29) is 5.75 Å². The molecule has 1 saturated heterocycles. The van der Waals surface area contributed by atoms with Crippen molar-refractivity contribution in [2.75, 3.05) is 26.2 Å². The zero-order valence-corrected chi connectivity index (χ0v) is 19.4. The van der Waals surface area contributed by atoms with Crippen molar-refractivity contribution >= 4 is 20.9 Å². The van der Waals surface area contributed by atoms with E-state index < -0.39 is 10.0 Å². The standard InChI is InChI=1S/C25H31N3O3S/c1-19-8-9-23-24(27-19)6-3-7-25(23)31-15-14-28-12-10-20(11-13-28)16-21-4-2-5-22(17-21)18-32(26,29)30/h2-9,17,20H,10-16,18H2,1H3,(H2,26,29,30). The van der Waals surface area contributed by atoms with Crippen LogP contribution in [0.5, 0.6) is 5.75 Å². The van der Waals surface area contributed by atoms with Crippen molar-refractivity contribution in [2.24, 2.45) is 11.1 Å². The average Bonchev–Trinajstić information content (AvgIpc) is 2.74. The zero-order valence-electron chi connectivity index (χ0n) is 18.5. The SMILES string of the molecule is Cc1ccc2c(OCCN3CCC(Cc4cccc(CS(N)(=O)=O)c4)CC3)cccc2n1. The second-order valence-corrected chi connectivity index (χ2v) is 10.4. The van der Waals surface area contributed by atoms with Gasteiger partial charge in [0, 0.05) is 17.6 Å². The predicted octanol–water partition coefficient (Wildman–Crippen LogP) is 3.67. The Morgan fingerprint density at radius 3 is 2.59 bits per heavy atom. The summed E-state index contributed by atoms with van der Waals surface area (Å²) < 4.78 is 28.8. The molecule has 170 valence electrons. The van der Waals surface area contributed by atoms with Gasteiger partial charge in [-0.05, 0) is 80.6 Å². The number of hydrogen-bond acceptors (Lipinski definition) is 5. The average molecular weight is 454 g/mol. The number of nitrogens with two attached hydrogens (primary N) is 1. The summed E-state index contributed by atoms with van der Waals surface area (Å²) >= 11 is 0. The molecule has 0 unspecified atom stereocenters. The van der Waals surface area contributed by atoms with Gasteiger partial charge < -0.3 is 4.74 Å². The summed E-state index contributed by atoms with van der Waals surface area (Å²) in [5.74, 6) is 1.40. The topological polar surface area (TPSA) is 85.5 Å². The lowest BCUT2D eigenvalue weighted by atomic mass is 9.90. The van der Waals surface area contributed by atoms with E-state index in [1.807, 2.05) is 49.4 Å². The summed E-state index contributed by atoms with van der Waals surface area (Å²) in [7, 11) is -3.50. The third-order valence-corrected chi connectivity index (χ3v) is 6.82. The molecular formula is C25H31N3O3S. The summed E-state index contributed by atoms with van der Waals surface area (Å²) in [5, 5.41) is 6.24. The zero-order chi connectivity index (χ0) is 22.6.